The summed E-state index contributed by atoms with van der Waals surface area (Å²) in [7, 11) is 0. The van der Waals surface area contributed by atoms with Crippen molar-refractivity contribution >= 4 is 34.1 Å². The SMILES string of the molecule is Fc1cc(F)c2ncc(Cl)c(Cl)c2c1F. The Morgan fingerprint density at radius 1 is 1.07 bits per heavy atom. The fourth-order valence-corrected chi connectivity index (χ4v) is 1.57. The van der Waals surface area contributed by atoms with E-state index in [1.807, 2.05) is 0 Å². The lowest BCUT2D eigenvalue weighted by Crippen LogP contribution is -1.94. The number of hydrogen-bond donors (Lipinski definition) is 0. The molecule has 0 fully saturated rings. The van der Waals surface area contributed by atoms with Crippen LogP contribution >= 0.6 is 23.2 Å². The van der Waals surface area contributed by atoms with Crippen LogP contribution in [0, 0.1) is 17.5 Å². The number of halogens is 5. The minimum atomic E-state index is -1.33. The van der Waals surface area contributed by atoms with Gasteiger partial charge >= 0.3 is 0 Å². The largest absolute Gasteiger partial charge is 0.251 e. The summed E-state index contributed by atoms with van der Waals surface area (Å²) in [6.07, 6.45) is 1.08. The molecule has 2 rings (SSSR count). The number of pyridine rings is 1. The highest BCUT2D eigenvalue weighted by molar-refractivity contribution is 6.45. The van der Waals surface area contributed by atoms with E-state index >= 15 is 0 Å². The second-order valence-electron chi connectivity index (χ2n) is 2.80. The summed E-state index contributed by atoms with van der Waals surface area (Å²) in [5, 5.41) is -0.757. The van der Waals surface area contributed by atoms with Gasteiger partial charge in [0, 0.05) is 12.3 Å². The number of rotatable bonds is 0. The first kappa shape index (κ1) is 10.5. The molecule has 15 heavy (non-hydrogen) atoms. The van der Waals surface area contributed by atoms with Gasteiger partial charge in [0.1, 0.15) is 5.52 Å². The predicted molar refractivity (Wildman–Crippen MR) is 51.6 cm³/mol. The van der Waals surface area contributed by atoms with Crippen LogP contribution in [-0.4, -0.2) is 4.98 Å². The van der Waals surface area contributed by atoms with Crippen LogP contribution in [0.25, 0.3) is 10.9 Å². The molecule has 0 spiro atoms. The Labute approximate surface area is 92.4 Å². The van der Waals surface area contributed by atoms with E-state index in [4.69, 9.17) is 23.2 Å². The normalized spacial score (nSPS) is 11.0. The minimum Gasteiger partial charge on any atom is -0.251 e. The Balaban J connectivity index is 3.04. The standard InChI is InChI=1S/C9H2Cl2F3N/c10-3-2-15-9-5(13)1-4(12)8(14)6(9)7(3)11/h1-2H. The van der Waals surface area contributed by atoms with Crippen molar-refractivity contribution in [1.29, 1.82) is 0 Å². The van der Waals surface area contributed by atoms with Crippen LogP contribution in [0.1, 0.15) is 0 Å². The second-order valence-corrected chi connectivity index (χ2v) is 3.58. The molecule has 0 amide bonds. The van der Waals surface area contributed by atoms with Gasteiger partial charge in [0.15, 0.2) is 17.5 Å². The highest BCUT2D eigenvalue weighted by atomic mass is 35.5. The highest BCUT2D eigenvalue weighted by Crippen LogP contribution is 2.33. The van der Waals surface area contributed by atoms with E-state index in [0.717, 1.165) is 6.20 Å². The average molecular weight is 252 g/mol. The smallest absolute Gasteiger partial charge is 0.169 e. The first-order chi connectivity index (χ1) is 7.02. The number of benzene rings is 1. The predicted octanol–water partition coefficient (Wildman–Crippen LogP) is 3.96. The van der Waals surface area contributed by atoms with Crippen molar-refractivity contribution in [1.82, 2.24) is 4.98 Å². The van der Waals surface area contributed by atoms with Crippen molar-refractivity contribution in [3.05, 3.63) is 39.8 Å². The lowest BCUT2D eigenvalue weighted by molar-refractivity contribution is 0.505. The van der Waals surface area contributed by atoms with Crippen LogP contribution in [0.3, 0.4) is 0 Å². The van der Waals surface area contributed by atoms with Gasteiger partial charge in [0.05, 0.1) is 15.4 Å². The molecular weight excluding hydrogens is 250 g/mol. The third-order valence-electron chi connectivity index (χ3n) is 1.88. The average Bonchev–Trinajstić information content (AvgIpc) is 2.19. The summed E-state index contributed by atoms with van der Waals surface area (Å²) in [5.41, 5.74) is -0.344. The van der Waals surface area contributed by atoms with Gasteiger partial charge in [-0.3, -0.25) is 4.98 Å². The van der Waals surface area contributed by atoms with Crippen LogP contribution in [0.4, 0.5) is 13.2 Å². The molecule has 1 heterocycles. The Kier molecular flexibility index (Phi) is 2.48. The van der Waals surface area contributed by atoms with Gasteiger partial charge in [0.2, 0.25) is 0 Å². The Hall–Kier alpha value is -1.00. The zero-order valence-electron chi connectivity index (χ0n) is 6.99. The molecule has 6 heteroatoms. The van der Waals surface area contributed by atoms with Crippen molar-refractivity contribution in [3.8, 4) is 0 Å². The van der Waals surface area contributed by atoms with Gasteiger partial charge in [-0.15, -0.1) is 0 Å². The molecule has 0 aliphatic rings. The van der Waals surface area contributed by atoms with Gasteiger partial charge in [-0.1, -0.05) is 23.2 Å². The molecule has 0 atom stereocenters. The molecule has 0 aliphatic carbocycles. The molecule has 0 radical (unpaired) electrons. The Morgan fingerprint density at radius 2 is 1.73 bits per heavy atom. The molecule has 2 aromatic rings. The van der Waals surface area contributed by atoms with Gasteiger partial charge in [0.25, 0.3) is 0 Å². The Morgan fingerprint density at radius 3 is 2.40 bits per heavy atom. The number of aromatic nitrogens is 1. The molecule has 0 aliphatic heterocycles. The number of nitrogens with zero attached hydrogens (tertiary/aromatic N) is 1. The van der Waals surface area contributed by atoms with Gasteiger partial charge in [-0.05, 0) is 0 Å². The molecule has 0 saturated carbocycles. The lowest BCUT2D eigenvalue weighted by atomic mass is 10.2. The van der Waals surface area contributed by atoms with Crippen molar-refractivity contribution in [3.63, 3.8) is 0 Å². The topological polar surface area (TPSA) is 12.9 Å². The fraction of sp³-hybridized carbons (Fsp3) is 0. The molecule has 1 nitrogen and oxygen atoms in total. The zero-order chi connectivity index (χ0) is 11.2. The first-order valence-corrected chi connectivity index (χ1v) is 4.55. The molecule has 1 aromatic heterocycles. The van der Waals surface area contributed by atoms with Crippen LogP contribution in [0.5, 0.6) is 0 Å². The molecule has 1 aromatic carbocycles. The maximum absolute atomic E-state index is 13.3. The van der Waals surface area contributed by atoms with E-state index in [2.05, 4.69) is 4.98 Å². The summed E-state index contributed by atoms with van der Waals surface area (Å²) in [4.78, 5) is 3.54. The number of hydrogen-bond acceptors (Lipinski definition) is 1. The van der Waals surface area contributed by atoms with E-state index in [1.165, 1.54) is 0 Å². The van der Waals surface area contributed by atoms with Crippen LogP contribution in [0.15, 0.2) is 12.3 Å². The molecule has 78 valence electrons. The highest BCUT2D eigenvalue weighted by Gasteiger charge is 2.17. The Bertz CT molecular complexity index is 549. The summed E-state index contributed by atoms with van der Waals surface area (Å²) < 4.78 is 39.3. The van der Waals surface area contributed by atoms with Crippen LogP contribution < -0.4 is 0 Å². The molecular formula is C9H2Cl2F3N. The van der Waals surface area contributed by atoms with E-state index in [0.29, 0.717) is 6.07 Å². The molecule has 0 bridgehead atoms. The van der Waals surface area contributed by atoms with Crippen molar-refractivity contribution in [2.75, 3.05) is 0 Å². The first-order valence-electron chi connectivity index (χ1n) is 3.79. The summed E-state index contributed by atoms with van der Waals surface area (Å²) in [5.74, 6) is -3.57. The third-order valence-corrected chi connectivity index (χ3v) is 2.66. The zero-order valence-corrected chi connectivity index (χ0v) is 8.50. The van der Waals surface area contributed by atoms with Gasteiger partial charge < -0.3 is 0 Å². The molecule has 0 N–H and O–H groups in total. The maximum atomic E-state index is 13.3. The van der Waals surface area contributed by atoms with Crippen molar-refractivity contribution in [2.24, 2.45) is 0 Å². The quantitative estimate of drug-likeness (QED) is 0.646. The van der Waals surface area contributed by atoms with E-state index < -0.39 is 22.8 Å². The molecule has 0 saturated heterocycles. The van der Waals surface area contributed by atoms with Crippen LogP contribution in [0.2, 0.25) is 10.0 Å². The lowest BCUT2D eigenvalue weighted by Gasteiger charge is -2.04. The van der Waals surface area contributed by atoms with E-state index in [1.54, 1.807) is 0 Å². The van der Waals surface area contributed by atoms with Crippen molar-refractivity contribution < 1.29 is 13.2 Å². The summed E-state index contributed by atoms with van der Waals surface area (Å²) in [6.45, 7) is 0. The summed E-state index contributed by atoms with van der Waals surface area (Å²) in [6, 6.07) is 0.412. The van der Waals surface area contributed by atoms with Gasteiger partial charge in [-0.25, -0.2) is 13.2 Å². The van der Waals surface area contributed by atoms with Crippen molar-refractivity contribution in [2.45, 2.75) is 0 Å². The monoisotopic (exact) mass is 251 g/mol. The minimum absolute atomic E-state index is 0.0620. The molecule has 0 unspecified atom stereocenters. The van der Waals surface area contributed by atoms with Crippen LogP contribution in [-0.2, 0) is 0 Å². The van der Waals surface area contributed by atoms with E-state index in [-0.39, 0.29) is 15.6 Å². The second kappa shape index (κ2) is 3.54. The number of fused-ring (bicyclic) bond motifs is 1. The third kappa shape index (κ3) is 1.54. The van der Waals surface area contributed by atoms with Gasteiger partial charge in [-0.2, -0.15) is 0 Å². The summed E-state index contributed by atoms with van der Waals surface area (Å²) >= 11 is 11.2. The maximum Gasteiger partial charge on any atom is 0.169 e. The van der Waals surface area contributed by atoms with E-state index in [9.17, 15) is 13.2 Å². The fourth-order valence-electron chi connectivity index (χ4n) is 1.21.